The van der Waals surface area contributed by atoms with E-state index < -0.39 is 15.9 Å². The summed E-state index contributed by atoms with van der Waals surface area (Å²) in [7, 11) is -3.71. The molecule has 2 N–H and O–H groups in total. The van der Waals surface area contributed by atoms with E-state index in [-0.39, 0.29) is 11.4 Å². The van der Waals surface area contributed by atoms with E-state index in [1.165, 1.54) is 12.3 Å². The highest BCUT2D eigenvalue weighted by atomic mass is 32.2. The largest absolute Gasteiger partial charge is 0.324 e. The Labute approximate surface area is 129 Å². The van der Waals surface area contributed by atoms with Crippen LogP contribution in [0.2, 0.25) is 0 Å². The number of aromatic nitrogens is 1. The van der Waals surface area contributed by atoms with Gasteiger partial charge in [0.05, 0.1) is 23.3 Å². The zero-order chi connectivity index (χ0) is 16.2. The van der Waals surface area contributed by atoms with Crippen molar-refractivity contribution in [1.82, 2.24) is 9.71 Å². The molecule has 6 nitrogen and oxygen atoms in total. The van der Waals surface area contributed by atoms with E-state index in [9.17, 15) is 13.2 Å². The van der Waals surface area contributed by atoms with Crippen LogP contribution in [0.5, 0.6) is 0 Å². The van der Waals surface area contributed by atoms with Gasteiger partial charge in [-0.05, 0) is 49.2 Å². The number of nitrogens with zero attached hydrogens (tertiary/aromatic N) is 1. The summed E-state index contributed by atoms with van der Waals surface area (Å²) in [6.07, 6.45) is 3.06. The summed E-state index contributed by atoms with van der Waals surface area (Å²) in [5.41, 5.74) is 2.40. The fourth-order valence-corrected chi connectivity index (χ4v) is 2.83. The summed E-state index contributed by atoms with van der Waals surface area (Å²) in [6.45, 7) is 3.40. The lowest BCUT2D eigenvalue weighted by Gasteiger charge is -2.09. The van der Waals surface area contributed by atoms with E-state index >= 15 is 0 Å². The standard InChI is InChI=1S/C15H17N3O3S/c1-11-5-6-14(8-12(11)2)22(20,21)17-10-15(19)18-13-4-3-7-16-9-13/h3-9,17H,10H2,1-2H3,(H,18,19). The molecule has 0 saturated heterocycles. The van der Waals surface area contributed by atoms with Crippen LogP contribution in [0.25, 0.3) is 0 Å². The Bertz CT molecular complexity index is 774. The highest BCUT2D eigenvalue weighted by Gasteiger charge is 2.16. The predicted molar refractivity (Wildman–Crippen MR) is 84.0 cm³/mol. The molecule has 1 aromatic carbocycles. The molecule has 0 radical (unpaired) electrons. The zero-order valence-electron chi connectivity index (χ0n) is 12.3. The maximum atomic E-state index is 12.1. The molecule has 2 aromatic rings. The fraction of sp³-hybridized carbons (Fsp3) is 0.200. The van der Waals surface area contributed by atoms with Crippen molar-refractivity contribution in [3.05, 3.63) is 53.9 Å². The van der Waals surface area contributed by atoms with Crippen molar-refractivity contribution in [2.24, 2.45) is 0 Å². The first kappa shape index (κ1) is 16.1. The summed E-state index contributed by atoms with van der Waals surface area (Å²) < 4.78 is 26.6. The quantitative estimate of drug-likeness (QED) is 0.876. The summed E-state index contributed by atoms with van der Waals surface area (Å²) in [5, 5.41) is 2.56. The van der Waals surface area contributed by atoms with Crippen LogP contribution in [0, 0.1) is 13.8 Å². The summed E-state index contributed by atoms with van der Waals surface area (Å²) >= 11 is 0. The highest BCUT2D eigenvalue weighted by Crippen LogP contribution is 2.14. The molecule has 0 fully saturated rings. The number of carbonyl (C=O) groups is 1. The second-order valence-corrected chi connectivity index (χ2v) is 6.63. The number of hydrogen-bond acceptors (Lipinski definition) is 4. The Balaban J connectivity index is 2.00. The molecule has 0 aliphatic rings. The van der Waals surface area contributed by atoms with Crippen molar-refractivity contribution in [2.75, 3.05) is 11.9 Å². The van der Waals surface area contributed by atoms with Gasteiger partial charge in [0.2, 0.25) is 15.9 Å². The van der Waals surface area contributed by atoms with Gasteiger partial charge < -0.3 is 5.32 Å². The molecule has 1 heterocycles. The molecular formula is C15H17N3O3S. The Morgan fingerprint density at radius 1 is 1.18 bits per heavy atom. The first-order valence-electron chi connectivity index (χ1n) is 6.65. The number of anilines is 1. The monoisotopic (exact) mass is 319 g/mol. The van der Waals surface area contributed by atoms with Gasteiger partial charge in [0, 0.05) is 6.20 Å². The normalized spacial score (nSPS) is 11.2. The molecular weight excluding hydrogens is 302 g/mol. The van der Waals surface area contributed by atoms with E-state index in [1.54, 1.807) is 30.5 Å². The molecule has 0 aliphatic carbocycles. The number of pyridine rings is 1. The maximum Gasteiger partial charge on any atom is 0.241 e. The average Bonchev–Trinajstić information content (AvgIpc) is 2.49. The minimum absolute atomic E-state index is 0.143. The highest BCUT2D eigenvalue weighted by molar-refractivity contribution is 7.89. The van der Waals surface area contributed by atoms with Crippen molar-refractivity contribution < 1.29 is 13.2 Å². The minimum atomic E-state index is -3.71. The van der Waals surface area contributed by atoms with E-state index in [4.69, 9.17) is 0 Å². The molecule has 0 unspecified atom stereocenters. The predicted octanol–water partition coefficient (Wildman–Crippen LogP) is 1.62. The molecule has 0 spiro atoms. The maximum absolute atomic E-state index is 12.1. The smallest absolute Gasteiger partial charge is 0.241 e. The molecule has 116 valence electrons. The minimum Gasteiger partial charge on any atom is -0.324 e. The molecule has 1 amide bonds. The molecule has 0 saturated carbocycles. The van der Waals surface area contributed by atoms with Crippen LogP contribution in [0.3, 0.4) is 0 Å². The van der Waals surface area contributed by atoms with Crippen molar-refractivity contribution in [1.29, 1.82) is 0 Å². The van der Waals surface area contributed by atoms with Gasteiger partial charge in [-0.3, -0.25) is 9.78 Å². The number of benzene rings is 1. The third-order valence-electron chi connectivity index (χ3n) is 3.16. The summed E-state index contributed by atoms with van der Waals surface area (Å²) in [5.74, 6) is -0.458. The van der Waals surface area contributed by atoms with E-state index in [2.05, 4.69) is 15.0 Å². The van der Waals surface area contributed by atoms with Gasteiger partial charge in [0.15, 0.2) is 0 Å². The lowest BCUT2D eigenvalue weighted by molar-refractivity contribution is -0.115. The summed E-state index contributed by atoms with van der Waals surface area (Å²) in [6, 6.07) is 8.18. The lowest BCUT2D eigenvalue weighted by Crippen LogP contribution is -2.33. The topological polar surface area (TPSA) is 88.2 Å². The Morgan fingerprint density at radius 3 is 2.59 bits per heavy atom. The number of sulfonamides is 1. The van der Waals surface area contributed by atoms with Crippen LogP contribution in [0.15, 0.2) is 47.6 Å². The second kappa shape index (κ2) is 6.67. The van der Waals surface area contributed by atoms with E-state index in [0.29, 0.717) is 5.69 Å². The van der Waals surface area contributed by atoms with Gasteiger partial charge in [-0.25, -0.2) is 13.1 Å². The van der Waals surface area contributed by atoms with Gasteiger partial charge in [-0.2, -0.15) is 0 Å². The van der Waals surface area contributed by atoms with Gasteiger partial charge in [-0.1, -0.05) is 6.07 Å². The van der Waals surface area contributed by atoms with Gasteiger partial charge in [0.1, 0.15) is 0 Å². The Morgan fingerprint density at radius 2 is 1.95 bits per heavy atom. The molecule has 0 aliphatic heterocycles. The van der Waals surface area contributed by atoms with Crippen LogP contribution in [0.1, 0.15) is 11.1 Å². The van der Waals surface area contributed by atoms with E-state index in [0.717, 1.165) is 11.1 Å². The van der Waals surface area contributed by atoms with Crippen molar-refractivity contribution in [2.45, 2.75) is 18.7 Å². The number of carbonyl (C=O) groups excluding carboxylic acids is 1. The molecule has 7 heteroatoms. The van der Waals surface area contributed by atoms with Crippen LogP contribution in [-0.2, 0) is 14.8 Å². The van der Waals surface area contributed by atoms with Crippen molar-refractivity contribution in [3.8, 4) is 0 Å². The number of aryl methyl sites for hydroxylation is 2. The lowest BCUT2D eigenvalue weighted by atomic mass is 10.1. The van der Waals surface area contributed by atoms with Gasteiger partial charge in [-0.15, -0.1) is 0 Å². The van der Waals surface area contributed by atoms with Crippen molar-refractivity contribution >= 4 is 21.6 Å². The Hall–Kier alpha value is -2.25. The fourth-order valence-electron chi connectivity index (χ4n) is 1.77. The summed E-state index contributed by atoms with van der Waals surface area (Å²) in [4.78, 5) is 15.7. The second-order valence-electron chi connectivity index (χ2n) is 4.86. The molecule has 0 bridgehead atoms. The molecule has 0 atom stereocenters. The number of amides is 1. The number of rotatable bonds is 5. The van der Waals surface area contributed by atoms with Crippen LogP contribution >= 0.6 is 0 Å². The van der Waals surface area contributed by atoms with Crippen LogP contribution in [0.4, 0.5) is 5.69 Å². The zero-order valence-corrected chi connectivity index (χ0v) is 13.1. The van der Waals surface area contributed by atoms with Gasteiger partial charge in [0.25, 0.3) is 0 Å². The number of nitrogens with one attached hydrogen (secondary N) is 2. The third-order valence-corrected chi connectivity index (χ3v) is 4.56. The van der Waals surface area contributed by atoms with Gasteiger partial charge >= 0.3 is 0 Å². The van der Waals surface area contributed by atoms with E-state index in [1.807, 2.05) is 13.8 Å². The van der Waals surface area contributed by atoms with Crippen molar-refractivity contribution in [3.63, 3.8) is 0 Å². The first-order chi connectivity index (χ1) is 10.4. The molecule has 2 rings (SSSR count). The van der Waals surface area contributed by atoms with Crippen LogP contribution in [-0.4, -0.2) is 25.9 Å². The molecule has 1 aromatic heterocycles. The van der Waals surface area contributed by atoms with Crippen LogP contribution < -0.4 is 10.0 Å². The first-order valence-corrected chi connectivity index (χ1v) is 8.13. The number of hydrogen-bond donors (Lipinski definition) is 2. The third kappa shape index (κ3) is 4.12. The molecule has 22 heavy (non-hydrogen) atoms. The SMILES string of the molecule is Cc1ccc(S(=O)(=O)NCC(=O)Nc2cccnc2)cc1C. The average molecular weight is 319 g/mol. The Kier molecular flexibility index (Phi) is 4.89.